The van der Waals surface area contributed by atoms with Crippen molar-refractivity contribution in [3.05, 3.63) is 59.1 Å². The second kappa shape index (κ2) is 9.57. The maximum absolute atomic E-state index is 12.4. The van der Waals surface area contributed by atoms with Gasteiger partial charge in [-0.3, -0.25) is 9.59 Å². The minimum absolute atomic E-state index is 0.161. The van der Waals surface area contributed by atoms with Crippen molar-refractivity contribution in [2.45, 2.75) is 6.42 Å². The molecule has 0 bridgehead atoms. The molecule has 7 heteroatoms. The largest absolute Gasteiger partial charge is 0.367 e. The van der Waals surface area contributed by atoms with E-state index in [0.29, 0.717) is 16.3 Å². The van der Waals surface area contributed by atoms with Gasteiger partial charge < -0.3 is 20.4 Å². The molecule has 2 aromatic rings. The second-order valence-corrected chi connectivity index (χ2v) is 7.31. The first-order valence-electron chi connectivity index (χ1n) is 9.39. The van der Waals surface area contributed by atoms with Crippen LogP contribution in [0.25, 0.3) is 0 Å². The molecule has 2 aromatic carbocycles. The van der Waals surface area contributed by atoms with E-state index in [-0.39, 0.29) is 24.8 Å². The Balaban J connectivity index is 1.56. The molecule has 2 amide bonds. The van der Waals surface area contributed by atoms with Crippen LogP contribution in [-0.4, -0.2) is 56.5 Å². The fourth-order valence-corrected chi connectivity index (χ4v) is 3.30. The molecule has 0 unspecified atom stereocenters. The van der Waals surface area contributed by atoms with Crippen LogP contribution in [0.5, 0.6) is 0 Å². The van der Waals surface area contributed by atoms with Crippen molar-refractivity contribution < 1.29 is 9.59 Å². The van der Waals surface area contributed by atoms with Gasteiger partial charge in [-0.05, 0) is 37.4 Å². The Morgan fingerprint density at radius 2 is 1.75 bits per heavy atom. The van der Waals surface area contributed by atoms with Gasteiger partial charge in [-0.25, -0.2) is 0 Å². The zero-order valence-corrected chi connectivity index (χ0v) is 16.7. The molecule has 28 heavy (non-hydrogen) atoms. The highest BCUT2D eigenvalue weighted by atomic mass is 35.5. The second-order valence-electron chi connectivity index (χ2n) is 6.87. The standard InChI is InChI=1S/C21H25ClN4O2/c1-25-11-13-26(14-12-25)19-8-7-17(22)15-18(19)24-20(27)9-10-23-21(28)16-5-3-2-4-6-16/h2-8,15H,9-14H2,1H3,(H,23,28)(H,24,27). The topological polar surface area (TPSA) is 64.7 Å². The van der Waals surface area contributed by atoms with Gasteiger partial charge in [0.05, 0.1) is 11.4 Å². The van der Waals surface area contributed by atoms with E-state index in [0.717, 1.165) is 31.9 Å². The summed E-state index contributed by atoms with van der Waals surface area (Å²) < 4.78 is 0. The maximum Gasteiger partial charge on any atom is 0.251 e. The lowest BCUT2D eigenvalue weighted by atomic mass is 10.2. The van der Waals surface area contributed by atoms with Crippen LogP contribution in [0.3, 0.4) is 0 Å². The predicted molar refractivity (Wildman–Crippen MR) is 113 cm³/mol. The van der Waals surface area contributed by atoms with E-state index in [1.165, 1.54) is 0 Å². The minimum atomic E-state index is -0.186. The third-order valence-corrected chi connectivity index (χ3v) is 4.99. The molecule has 0 atom stereocenters. The van der Waals surface area contributed by atoms with Crippen LogP contribution in [0, 0.1) is 0 Å². The number of hydrogen-bond acceptors (Lipinski definition) is 4. The van der Waals surface area contributed by atoms with Gasteiger partial charge in [0, 0.05) is 49.7 Å². The molecule has 1 heterocycles. The summed E-state index contributed by atoms with van der Waals surface area (Å²) in [6.07, 6.45) is 0.188. The highest BCUT2D eigenvalue weighted by molar-refractivity contribution is 6.31. The zero-order chi connectivity index (χ0) is 19.9. The molecule has 0 aliphatic carbocycles. The summed E-state index contributed by atoms with van der Waals surface area (Å²) in [4.78, 5) is 29.0. The number of hydrogen-bond donors (Lipinski definition) is 2. The van der Waals surface area contributed by atoms with Gasteiger partial charge in [0.1, 0.15) is 0 Å². The molecule has 3 rings (SSSR count). The van der Waals surface area contributed by atoms with Crippen molar-refractivity contribution in [1.29, 1.82) is 0 Å². The first kappa shape index (κ1) is 20.2. The number of nitrogens with zero attached hydrogens (tertiary/aromatic N) is 2. The van der Waals surface area contributed by atoms with Crippen LogP contribution in [0.15, 0.2) is 48.5 Å². The van der Waals surface area contributed by atoms with Crippen molar-refractivity contribution in [2.75, 3.05) is 50.0 Å². The smallest absolute Gasteiger partial charge is 0.251 e. The summed E-state index contributed by atoms with van der Waals surface area (Å²) in [6.45, 7) is 4.01. The summed E-state index contributed by atoms with van der Waals surface area (Å²) in [6, 6.07) is 14.5. The molecule has 0 aromatic heterocycles. The Labute approximate surface area is 170 Å². The zero-order valence-electron chi connectivity index (χ0n) is 16.0. The van der Waals surface area contributed by atoms with Crippen LogP contribution in [0.2, 0.25) is 5.02 Å². The van der Waals surface area contributed by atoms with Crippen molar-refractivity contribution in [2.24, 2.45) is 0 Å². The lowest BCUT2D eigenvalue weighted by molar-refractivity contribution is -0.116. The normalized spacial score (nSPS) is 14.6. The maximum atomic E-state index is 12.4. The number of amides is 2. The van der Waals surface area contributed by atoms with Crippen molar-refractivity contribution in [3.8, 4) is 0 Å². The van der Waals surface area contributed by atoms with E-state index >= 15 is 0 Å². The first-order valence-corrected chi connectivity index (χ1v) is 9.77. The fraction of sp³-hybridized carbons (Fsp3) is 0.333. The van der Waals surface area contributed by atoms with Gasteiger partial charge in [-0.2, -0.15) is 0 Å². The number of likely N-dealkylation sites (N-methyl/N-ethyl adjacent to an activating group) is 1. The molecule has 1 saturated heterocycles. The summed E-state index contributed by atoms with van der Waals surface area (Å²) in [5, 5.41) is 6.29. The van der Waals surface area contributed by atoms with E-state index in [9.17, 15) is 9.59 Å². The fourth-order valence-electron chi connectivity index (χ4n) is 3.13. The number of nitrogens with one attached hydrogen (secondary N) is 2. The van der Waals surface area contributed by atoms with Crippen molar-refractivity contribution in [1.82, 2.24) is 10.2 Å². The number of anilines is 2. The van der Waals surface area contributed by atoms with E-state index < -0.39 is 0 Å². The van der Waals surface area contributed by atoms with Gasteiger partial charge in [0.25, 0.3) is 5.91 Å². The highest BCUT2D eigenvalue weighted by Gasteiger charge is 2.18. The molecular weight excluding hydrogens is 376 g/mol. The van der Waals surface area contributed by atoms with Gasteiger partial charge >= 0.3 is 0 Å². The Hall–Kier alpha value is -2.57. The molecule has 1 aliphatic heterocycles. The molecule has 0 radical (unpaired) electrons. The van der Waals surface area contributed by atoms with Crippen LogP contribution in [-0.2, 0) is 4.79 Å². The summed E-state index contributed by atoms with van der Waals surface area (Å²) >= 11 is 6.14. The molecule has 6 nitrogen and oxygen atoms in total. The number of piperazine rings is 1. The average molecular weight is 401 g/mol. The van der Waals surface area contributed by atoms with E-state index in [1.807, 2.05) is 18.2 Å². The van der Waals surface area contributed by atoms with Gasteiger partial charge in [-0.1, -0.05) is 29.8 Å². The lowest BCUT2D eigenvalue weighted by Gasteiger charge is -2.35. The van der Waals surface area contributed by atoms with Crippen molar-refractivity contribution >= 4 is 34.8 Å². The quantitative estimate of drug-likeness (QED) is 0.782. The average Bonchev–Trinajstić information content (AvgIpc) is 2.69. The Bertz CT molecular complexity index is 820. The number of carbonyl (C=O) groups excluding carboxylic acids is 2. The number of carbonyl (C=O) groups is 2. The monoisotopic (exact) mass is 400 g/mol. The predicted octanol–water partition coefficient (Wildman–Crippen LogP) is 2.85. The van der Waals surface area contributed by atoms with Crippen LogP contribution in [0.1, 0.15) is 16.8 Å². The number of halogens is 1. The minimum Gasteiger partial charge on any atom is -0.367 e. The third-order valence-electron chi connectivity index (χ3n) is 4.75. The molecule has 1 fully saturated rings. The van der Waals surface area contributed by atoms with Crippen LogP contribution in [0.4, 0.5) is 11.4 Å². The Kier molecular flexibility index (Phi) is 6.90. The summed E-state index contributed by atoms with van der Waals surface area (Å²) in [7, 11) is 2.10. The Morgan fingerprint density at radius 1 is 1.04 bits per heavy atom. The lowest BCUT2D eigenvalue weighted by Crippen LogP contribution is -2.44. The van der Waals surface area contributed by atoms with Gasteiger partial charge in [0.2, 0.25) is 5.91 Å². The van der Waals surface area contributed by atoms with Gasteiger partial charge in [-0.15, -0.1) is 0 Å². The SMILES string of the molecule is CN1CCN(c2ccc(Cl)cc2NC(=O)CCNC(=O)c2ccccc2)CC1. The van der Waals surface area contributed by atoms with E-state index in [2.05, 4.69) is 27.5 Å². The summed E-state index contributed by atoms with van der Waals surface area (Å²) in [5.74, 6) is -0.347. The third kappa shape index (κ3) is 5.47. The van der Waals surface area contributed by atoms with Crippen molar-refractivity contribution in [3.63, 3.8) is 0 Å². The number of rotatable bonds is 6. The van der Waals surface area contributed by atoms with Gasteiger partial charge in [0.15, 0.2) is 0 Å². The molecular formula is C21H25ClN4O2. The molecule has 2 N–H and O–H groups in total. The molecule has 0 saturated carbocycles. The van der Waals surface area contributed by atoms with E-state index in [4.69, 9.17) is 11.6 Å². The first-order chi connectivity index (χ1) is 13.5. The summed E-state index contributed by atoms with van der Waals surface area (Å²) in [5.41, 5.74) is 2.26. The van der Waals surface area contributed by atoms with Crippen LogP contribution >= 0.6 is 11.6 Å². The van der Waals surface area contributed by atoms with E-state index in [1.54, 1.807) is 30.3 Å². The van der Waals surface area contributed by atoms with Crippen LogP contribution < -0.4 is 15.5 Å². The molecule has 148 valence electrons. The highest BCUT2D eigenvalue weighted by Crippen LogP contribution is 2.30. The number of benzene rings is 2. The molecule has 0 spiro atoms. The Morgan fingerprint density at radius 3 is 2.46 bits per heavy atom. The molecule has 1 aliphatic rings.